The summed E-state index contributed by atoms with van der Waals surface area (Å²) in [6.07, 6.45) is 3.62. The second-order valence-electron chi connectivity index (χ2n) is 4.31. The molecule has 0 aliphatic carbocycles. The second-order valence-corrected chi connectivity index (χ2v) is 4.31. The highest BCUT2D eigenvalue weighted by molar-refractivity contribution is 5.94. The van der Waals surface area contributed by atoms with Gasteiger partial charge in [0.05, 0.1) is 12.5 Å². The van der Waals surface area contributed by atoms with E-state index in [9.17, 15) is 13.6 Å². The number of rotatable bonds is 4. The van der Waals surface area contributed by atoms with E-state index in [0.29, 0.717) is 6.42 Å². The predicted octanol–water partition coefficient (Wildman–Crippen LogP) is 2.92. The van der Waals surface area contributed by atoms with E-state index in [0.717, 1.165) is 17.7 Å². The molecule has 3 nitrogen and oxygen atoms in total. The van der Waals surface area contributed by atoms with Crippen LogP contribution >= 0.6 is 0 Å². The van der Waals surface area contributed by atoms with E-state index in [-0.39, 0.29) is 6.04 Å². The first-order chi connectivity index (χ1) is 9.08. The third-order valence-corrected chi connectivity index (χ3v) is 2.69. The van der Waals surface area contributed by atoms with Crippen molar-refractivity contribution in [1.82, 2.24) is 5.32 Å². The highest BCUT2D eigenvalue weighted by Crippen LogP contribution is 2.12. The van der Waals surface area contributed by atoms with Crippen LogP contribution in [0.1, 0.15) is 22.8 Å². The molecule has 0 aliphatic rings. The fraction of sp³-hybridized carbons (Fsp3) is 0.214. The number of amides is 1. The lowest BCUT2D eigenvalue weighted by Crippen LogP contribution is -2.35. The molecule has 1 unspecified atom stereocenters. The lowest BCUT2D eigenvalue weighted by Gasteiger charge is -2.13. The molecule has 2 rings (SSSR count). The third kappa shape index (κ3) is 3.19. The minimum atomic E-state index is -0.868. The van der Waals surface area contributed by atoms with Crippen molar-refractivity contribution in [1.29, 1.82) is 0 Å². The van der Waals surface area contributed by atoms with Gasteiger partial charge < -0.3 is 9.73 Å². The average molecular weight is 265 g/mol. The Morgan fingerprint density at radius 3 is 2.58 bits per heavy atom. The Balaban J connectivity index is 2.04. The first kappa shape index (κ1) is 13.3. The largest absolute Gasteiger partial charge is 0.472 e. The molecule has 0 bridgehead atoms. The molecule has 1 N–H and O–H groups in total. The Bertz CT molecular complexity index is 547. The van der Waals surface area contributed by atoms with Crippen molar-refractivity contribution in [3.05, 3.63) is 59.6 Å². The zero-order chi connectivity index (χ0) is 13.8. The van der Waals surface area contributed by atoms with E-state index < -0.39 is 23.1 Å². The maximum atomic E-state index is 13.4. The maximum Gasteiger partial charge on any atom is 0.257 e. The predicted molar refractivity (Wildman–Crippen MR) is 65.7 cm³/mol. The SMILES string of the molecule is CC(Cc1ccoc1)NC(=O)c1c(F)cccc1F. The maximum absolute atomic E-state index is 13.4. The summed E-state index contributed by atoms with van der Waals surface area (Å²) in [6, 6.07) is 4.84. The highest BCUT2D eigenvalue weighted by atomic mass is 19.1. The fourth-order valence-electron chi connectivity index (χ4n) is 1.82. The third-order valence-electron chi connectivity index (χ3n) is 2.69. The molecule has 1 heterocycles. The number of carbonyl (C=O) groups is 1. The molecule has 1 atom stereocenters. The van der Waals surface area contributed by atoms with Crippen molar-refractivity contribution in [2.45, 2.75) is 19.4 Å². The topological polar surface area (TPSA) is 42.2 Å². The summed E-state index contributed by atoms with van der Waals surface area (Å²) in [5.74, 6) is -2.49. The molecule has 2 aromatic rings. The van der Waals surface area contributed by atoms with Gasteiger partial charge in [-0.1, -0.05) is 6.07 Å². The molecule has 0 radical (unpaired) electrons. The first-order valence-electron chi connectivity index (χ1n) is 5.84. The number of furan rings is 1. The molecule has 1 amide bonds. The van der Waals surface area contributed by atoms with Gasteiger partial charge >= 0.3 is 0 Å². The van der Waals surface area contributed by atoms with Gasteiger partial charge in [0.25, 0.3) is 5.91 Å². The smallest absolute Gasteiger partial charge is 0.257 e. The summed E-state index contributed by atoms with van der Waals surface area (Å²) in [5, 5.41) is 2.56. The second kappa shape index (κ2) is 5.65. The quantitative estimate of drug-likeness (QED) is 0.923. The number of nitrogens with one attached hydrogen (secondary N) is 1. The van der Waals surface area contributed by atoms with Crippen molar-refractivity contribution < 1.29 is 18.0 Å². The lowest BCUT2D eigenvalue weighted by molar-refractivity contribution is 0.0931. The summed E-state index contributed by atoms with van der Waals surface area (Å²) < 4.78 is 31.7. The van der Waals surface area contributed by atoms with Crippen LogP contribution in [-0.2, 0) is 6.42 Å². The van der Waals surface area contributed by atoms with Crippen LogP contribution in [-0.4, -0.2) is 11.9 Å². The standard InChI is InChI=1S/C14H13F2NO2/c1-9(7-10-5-6-19-8-10)17-14(18)13-11(15)3-2-4-12(13)16/h2-6,8-9H,7H2,1H3,(H,17,18). The number of halogens is 2. The van der Waals surface area contributed by atoms with Crippen LogP contribution < -0.4 is 5.32 Å². The molecule has 1 aromatic carbocycles. The number of benzene rings is 1. The van der Waals surface area contributed by atoms with E-state index in [4.69, 9.17) is 4.42 Å². The zero-order valence-electron chi connectivity index (χ0n) is 10.3. The van der Waals surface area contributed by atoms with Gasteiger partial charge in [-0.05, 0) is 37.1 Å². The lowest BCUT2D eigenvalue weighted by atomic mass is 10.1. The van der Waals surface area contributed by atoms with Crippen molar-refractivity contribution >= 4 is 5.91 Å². The highest BCUT2D eigenvalue weighted by Gasteiger charge is 2.18. The Hall–Kier alpha value is -2.17. The van der Waals surface area contributed by atoms with Crippen LogP contribution in [0.2, 0.25) is 0 Å². The zero-order valence-corrected chi connectivity index (χ0v) is 10.3. The molecular formula is C14H13F2NO2. The van der Waals surface area contributed by atoms with Gasteiger partial charge in [-0.3, -0.25) is 4.79 Å². The van der Waals surface area contributed by atoms with Crippen LogP contribution in [0, 0.1) is 11.6 Å². The monoisotopic (exact) mass is 265 g/mol. The van der Waals surface area contributed by atoms with Crippen LogP contribution in [0.25, 0.3) is 0 Å². The minimum absolute atomic E-state index is 0.260. The van der Waals surface area contributed by atoms with Gasteiger partial charge in [0, 0.05) is 6.04 Å². The van der Waals surface area contributed by atoms with Crippen LogP contribution in [0.15, 0.2) is 41.2 Å². The van der Waals surface area contributed by atoms with Crippen molar-refractivity contribution in [3.8, 4) is 0 Å². The van der Waals surface area contributed by atoms with E-state index >= 15 is 0 Å². The summed E-state index contributed by atoms with van der Waals surface area (Å²) in [5.41, 5.74) is 0.350. The molecule has 0 spiro atoms. The molecule has 100 valence electrons. The van der Waals surface area contributed by atoms with Crippen LogP contribution in [0.4, 0.5) is 8.78 Å². The Labute approximate surface area is 109 Å². The fourth-order valence-corrected chi connectivity index (χ4v) is 1.82. The summed E-state index contributed by atoms with van der Waals surface area (Å²) >= 11 is 0. The van der Waals surface area contributed by atoms with Crippen molar-refractivity contribution in [2.75, 3.05) is 0 Å². The summed E-state index contributed by atoms with van der Waals surface area (Å²) in [4.78, 5) is 11.8. The van der Waals surface area contributed by atoms with Crippen molar-refractivity contribution in [3.63, 3.8) is 0 Å². The Kier molecular flexibility index (Phi) is 3.94. The van der Waals surface area contributed by atoms with Crippen LogP contribution in [0.5, 0.6) is 0 Å². The number of hydrogen-bond acceptors (Lipinski definition) is 2. The van der Waals surface area contributed by atoms with Gasteiger partial charge in [0.15, 0.2) is 0 Å². The Morgan fingerprint density at radius 2 is 2.00 bits per heavy atom. The molecule has 0 fully saturated rings. The first-order valence-corrected chi connectivity index (χ1v) is 5.84. The molecule has 0 aliphatic heterocycles. The van der Waals surface area contributed by atoms with Gasteiger partial charge in [0.2, 0.25) is 0 Å². The molecule has 1 aromatic heterocycles. The molecule has 0 saturated heterocycles. The van der Waals surface area contributed by atoms with Gasteiger partial charge in [0.1, 0.15) is 17.2 Å². The van der Waals surface area contributed by atoms with E-state index in [1.54, 1.807) is 19.3 Å². The summed E-state index contributed by atoms with van der Waals surface area (Å²) in [7, 11) is 0. The molecule has 5 heteroatoms. The number of carbonyl (C=O) groups excluding carboxylic acids is 1. The molecule has 19 heavy (non-hydrogen) atoms. The minimum Gasteiger partial charge on any atom is -0.472 e. The number of hydrogen-bond donors (Lipinski definition) is 1. The Morgan fingerprint density at radius 1 is 1.32 bits per heavy atom. The van der Waals surface area contributed by atoms with E-state index in [1.807, 2.05) is 0 Å². The molecule has 0 saturated carbocycles. The van der Waals surface area contributed by atoms with Gasteiger partial charge in [-0.15, -0.1) is 0 Å². The van der Waals surface area contributed by atoms with Gasteiger partial charge in [-0.25, -0.2) is 8.78 Å². The van der Waals surface area contributed by atoms with Crippen molar-refractivity contribution in [2.24, 2.45) is 0 Å². The van der Waals surface area contributed by atoms with E-state index in [1.165, 1.54) is 12.3 Å². The summed E-state index contributed by atoms with van der Waals surface area (Å²) in [6.45, 7) is 1.75. The van der Waals surface area contributed by atoms with E-state index in [2.05, 4.69) is 5.32 Å². The average Bonchev–Trinajstić information content (AvgIpc) is 2.81. The van der Waals surface area contributed by atoms with Gasteiger partial charge in [-0.2, -0.15) is 0 Å². The van der Waals surface area contributed by atoms with Crippen LogP contribution in [0.3, 0.4) is 0 Å². The normalized spacial score (nSPS) is 12.2. The molecular weight excluding hydrogens is 252 g/mol.